The number of piperidine rings is 1. The molecule has 0 bridgehead atoms. The SMILES string of the molecule is Cn1c(=O)n(C2CCC(=O)NC2=O)c2cccc(C#CCCOCCCCNC(=O)O)c21. The van der Waals surface area contributed by atoms with Crippen molar-refractivity contribution >= 4 is 28.9 Å². The lowest BCUT2D eigenvalue weighted by Gasteiger charge is -2.21. The highest BCUT2D eigenvalue weighted by Gasteiger charge is 2.31. The maximum absolute atomic E-state index is 12.9. The zero-order valence-corrected chi connectivity index (χ0v) is 17.8. The number of ether oxygens (including phenoxy) is 1. The van der Waals surface area contributed by atoms with Crippen LogP contribution in [0.3, 0.4) is 0 Å². The van der Waals surface area contributed by atoms with Crippen molar-refractivity contribution in [1.29, 1.82) is 0 Å². The van der Waals surface area contributed by atoms with Gasteiger partial charge in [0.25, 0.3) is 0 Å². The Morgan fingerprint density at radius 2 is 2.09 bits per heavy atom. The average molecular weight is 442 g/mol. The number of para-hydroxylation sites is 1. The quantitative estimate of drug-likeness (QED) is 0.319. The number of aromatic nitrogens is 2. The molecule has 1 fully saturated rings. The molecule has 10 heteroatoms. The van der Waals surface area contributed by atoms with Crippen LogP contribution in [0.1, 0.15) is 43.7 Å². The summed E-state index contributed by atoms with van der Waals surface area (Å²) in [5.41, 5.74) is 1.59. The van der Waals surface area contributed by atoms with E-state index in [1.165, 1.54) is 9.13 Å². The number of hydrogen-bond acceptors (Lipinski definition) is 5. The summed E-state index contributed by atoms with van der Waals surface area (Å²) in [5.74, 6) is 5.33. The number of benzene rings is 1. The molecule has 3 rings (SSSR count). The van der Waals surface area contributed by atoms with Gasteiger partial charge in [0.1, 0.15) is 6.04 Å². The summed E-state index contributed by atoms with van der Waals surface area (Å²) in [5, 5.41) is 13.1. The summed E-state index contributed by atoms with van der Waals surface area (Å²) in [6, 6.07) is 4.65. The molecule has 1 aromatic carbocycles. The third kappa shape index (κ3) is 5.36. The first-order valence-electron chi connectivity index (χ1n) is 10.5. The van der Waals surface area contributed by atoms with Gasteiger partial charge >= 0.3 is 11.8 Å². The van der Waals surface area contributed by atoms with E-state index in [0.29, 0.717) is 49.2 Å². The molecular weight excluding hydrogens is 416 g/mol. The van der Waals surface area contributed by atoms with Crippen LogP contribution in [-0.2, 0) is 21.4 Å². The summed E-state index contributed by atoms with van der Waals surface area (Å²) < 4.78 is 8.42. The van der Waals surface area contributed by atoms with Crippen LogP contribution in [0.15, 0.2) is 23.0 Å². The van der Waals surface area contributed by atoms with E-state index in [9.17, 15) is 19.2 Å². The number of fused-ring (bicyclic) bond motifs is 1. The Morgan fingerprint density at radius 1 is 1.28 bits per heavy atom. The Hall–Kier alpha value is -3.58. The van der Waals surface area contributed by atoms with E-state index in [2.05, 4.69) is 22.5 Å². The van der Waals surface area contributed by atoms with Gasteiger partial charge in [0.05, 0.1) is 23.2 Å². The van der Waals surface area contributed by atoms with Crippen LogP contribution < -0.4 is 16.3 Å². The summed E-state index contributed by atoms with van der Waals surface area (Å²) in [6.45, 7) is 1.38. The molecule has 170 valence electrons. The lowest BCUT2D eigenvalue weighted by molar-refractivity contribution is -0.135. The van der Waals surface area contributed by atoms with Crippen LogP contribution in [0.2, 0.25) is 0 Å². The number of amides is 3. The zero-order chi connectivity index (χ0) is 23.1. The van der Waals surface area contributed by atoms with Gasteiger partial charge in [-0.2, -0.15) is 0 Å². The number of unbranched alkanes of at least 4 members (excludes halogenated alkanes) is 1. The van der Waals surface area contributed by atoms with Crippen molar-refractivity contribution in [3.63, 3.8) is 0 Å². The van der Waals surface area contributed by atoms with Gasteiger partial charge in [-0.05, 0) is 31.4 Å². The molecule has 1 saturated heterocycles. The molecule has 0 radical (unpaired) electrons. The first kappa shape index (κ1) is 23.1. The Balaban J connectivity index is 1.64. The first-order valence-corrected chi connectivity index (χ1v) is 10.5. The van der Waals surface area contributed by atoms with E-state index >= 15 is 0 Å². The summed E-state index contributed by atoms with van der Waals surface area (Å²) in [4.78, 5) is 47.0. The Labute approximate surface area is 184 Å². The van der Waals surface area contributed by atoms with Crippen LogP contribution in [0.25, 0.3) is 11.0 Å². The fourth-order valence-corrected chi connectivity index (χ4v) is 3.68. The van der Waals surface area contributed by atoms with Gasteiger partial charge in [-0.25, -0.2) is 9.59 Å². The van der Waals surface area contributed by atoms with Gasteiger partial charge in [-0.15, -0.1) is 0 Å². The van der Waals surface area contributed by atoms with Crippen molar-refractivity contribution in [3.05, 3.63) is 34.2 Å². The second-order valence-electron chi connectivity index (χ2n) is 7.45. The molecular formula is C22H26N4O6. The van der Waals surface area contributed by atoms with Crippen LogP contribution in [-0.4, -0.2) is 51.9 Å². The van der Waals surface area contributed by atoms with Crippen LogP contribution in [0.5, 0.6) is 0 Å². The number of aryl methyl sites for hydroxylation is 1. The first-order chi connectivity index (χ1) is 15.4. The highest BCUT2D eigenvalue weighted by Crippen LogP contribution is 2.24. The van der Waals surface area contributed by atoms with Gasteiger partial charge in [-0.1, -0.05) is 17.9 Å². The van der Waals surface area contributed by atoms with E-state index in [1.54, 1.807) is 19.2 Å². The molecule has 0 aliphatic carbocycles. The number of nitrogens with one attached hydrogen (secondary N) is 2. The minimum atomic E-state index is -1.03. The Morgan fingerprint density at radius 3 is 2.84 bits per heavy atom. The molecule has 0 spiro atoms. The molecule has 10 nitrogen and oxygen atoms in total. The fourth-order valence-electron chi connectivity index (χ4n) is 3.68. The van der Waals surface area contributed by atoms with Gasteiger partial charge in [0.15, 0.2) is 0 Å². The monoisotopic (exact) mass is 442 g/mol. The van der Waals surface area contributed by atoms with Crippen LogP contribution in [0.4, 0.5) is 4.79 Å². The van der Waals surface area contributed by atoms with Crippen molar-refractivity contribution in [2.75, 3.05) is 19.8 Å². The molecule has 3 amide bonds. The average Bonchev–Trinajstić information content (AvgIpc) is 3.00. The van der Waals surface area contributed by atoms with E-state index in [4.69, 9.17) is 9.84 Å². The van der Waals surface area contributed by atoms with Crippen molar-refractivity contribution < 1.29 is 24.2 Å². The van der Waals surface area contributed by atoms with Crippen molar-refractivity contribution in [2.24, 2.45) is 7.05 Å². The third-order valence-electron chi connectivity index (χ3n) is 5.21. The fraction of sp³-hybridized carbons (Fsp3) is 0.455. The van der Waals surface area contributed by atoms with Crippen LogP contribution >= 0.6 is 0 Å². The van der Waals surface area contributed by atoms with E-state index in [1.807, 2.05) is 6.07 Å². The minimum Gasteiger partial charge on any atom is -0.465 e. The summed E-state index contributed by atoms with van der Waals surface area (Å²) in [7, 11) is 1.64. The zero-order valence-electron chi connectivity index (χ0n) is 17.8. The predicted molar refractivity (Wildman–Crippen MR) is 116 cm³/mol. The molecule has 1 atom stereocenters. The topological polar surface area (TPSA) is 132 Å². The standard InChI is InChI=1S/C22H26N4O6/c1-25-19-15(7-2-4-13-32-14-5-3-12-23-21(29)30)8-6-9-16(19)26(22(25)31)17-10-11-18(27)24-20(17)28/h6,8-9,17,23H,3-5,10-14H2,1H3,(H,29,30)(H,24,27,28). The van der Waals surface area contributed by atoms with Gasteiger partial charge in [0, 0.05) is 33.0 Å². The molecule has 32 heavy (non-hydrogen) atoms. The highest BCUT2D eigenvalue weighted by atomic mass is 16.5. The lowest BCUT2D eigenvalue weighted by Crippen LogP contribution is -2.44. The predicted octanol–water partition coefficient (Wildman–Crippen LogP) is 1.12. The van der Waals surface area contributed by atoms with Crippen molar-refractivity contribution in [2.45, 2.75) is 38.1 Å². The number of imidazole rings is 1. The summed E-state index contributed by atoms with van der Waals surface area (Å²) >= 11 is 0. The Kier molecular flexibility index (Phi) is 7.68. The number of rotatable bonds is 8. The number of imide groups is 1. The molecule has 1 unspecified atom stereocenters. The smallest absolute Gasteiger partial charge is 0.404 e. The number of hydrogen-bond donors (Lipinski definition) is 3. The maximum Gasteiger partial charge on any atom is 0.404 e. The summed E-state index contributed by atoms with van der Waals surface area (Å²) in [6.07, 6.45) is 1.41. The van der Waals surface area contributed by atoms with Crippen molar-refractivity contribution in [1.82, 2.24) is 19.8 Å². The van der Waals surface area contributed by atoms with E-state index < -0.39 is 18.0 Å². The van der Waals surface area contributed by atoms with Gasteiger partial charge < -0.3 is 15.2 Å². The number of carbonyl (C=O) groups excluding carboxylic acids is 2. The minimum absolute atomic E-state index is 0.189. The molecule has 2 heterocycles. The Bertz CT molecular complexity index is 1140. The highest BCUT2D eigenvalue weighted by molar-refractivity contribution is 6.00. The number of nitrogens with zero attached hydrogens (tertiary/aromatic N) is 2. The van der Waals surface area contributed by atoms with Gasteiger partial charge in [-0.3, -0.25) is 24.0 Å². The lowest BCUT2D eigenvalue weighted by atomic mass is 10.1. The number of carboxylic acid groups (broad SMARTS) is 1. The number of carbonyl (C=O) groups is 3. The maximum atomic E-state index is 12.9. The molecule has 1 aliphatic heterocycles. The molecule has 1 aliphatic rings. The molecule has 2 aromatic rings. The normalized spacial score (nSPS) is 15.8. The largest absolute Gasteiger partial charge is 0.465 e. The molecule has 3 N–H and O–H groups in total. The molecule has 0 saturated carbocycles. The third-order valence-corrected chi connectivity index (χ3v) is 5.21. The van der Waals surface area contributed by atoms with Crippen molar-refractivity contribution in [3.8, 4) is 11.8 Å². The second-order valence-corrected chi connectivity index (χ2v) is 7.45. The van der Waals surface area contributed by atoms with E-state index in [0.717, 1.165) is 6.42 Å². The molecule has 1 aromatic heterocycles. The second kappa shape index (κ2) is 10.6. The van der Waals surface area contributed by atoms with E-state index in [-0.39, 0.29) is 24.4 Å². The van der Waals surface area contributed by atoms with Crippen LogP contribution in [0, 0.1) is 11.8 Å². The van der Waals surface area contributed by atoms with Gasteiger partial charge in [0.2, 0.25) is 11.8 Å².